The van der Waals surface area contributed by atoms with Crippen LogP contribution in [0.2, 0.25) is 5.02 Å². The molecular weight excluding hydrogens is 521 g/mol. The summed E-state index contributed by atoms with van der Waals surface area (Å²) >= 11 is 5.87. The highest BCUT2D eigenvalue weighted by molar-refractivity contribution is 7.81. The highest BCUT2D eigenvalue weighted by atomic mass is 35.5. The Labute approximate surface area is 210 Å². The Balaban J connectivity index is 2.24. The minimum absolute atomic E-state index is 0.0163. The Bertz CT molecular complexity index is 1500. The van der Waals surface area contributed by atoms with Crippen molar-refractivity contribution in [2.24, 2.45) is 5.92 Å². The number of hydrogen-bond donors (Lipinski definition) is 3. The molecule has 0 aliphatic rings. The summed E-state index contributed by atoms with van der Waals surface area (Å²) in [5.41, 5.74) is -0.675. The van der Waals surface area contributed by atoms with Gasteiger partial charge in [-0.1, -0.05) is 31.5 Å². The Hall–Kier alpha value is -3.19. The molecular formula is C23H23ClFNO9S. The molecule has 0 aliphatic carbocycles. The normalized spacial score (nSPS) is 12.7. The topological polar surface area (TPSA) is 152 Å². The van der Waals surface area contributed by atoms with Gasteiger partial charge in [-0.2, -0.15) is 8.42 Å². The average molecular weight is 544 g/mol. The van der Waals surface area contributed by atoms with E-state index < -0.39 is 50.0 Å². The number of fused-ring (bicyclic) bond motifs is 1. The van der Waals surface area contributed by atoms with E-state index in [2.05, 4.69) is 4.18 Å². The molecule has 3 aromatic rings. The summed E-state index contributed by atoms with van der Waals surface area (Å²) in [5.74, 6) is -2.97. The van der Waals surface area contributed by atoms with Gasteiger partial charge in [-0.15, -0.1) is 0 Å². The van der Waals surface area contributed by atoms with Gasteiger partial charge in [0.15, 0.2) is 5.75 Å². The van der Waals surface area contributed by atoms with E-state index in [-0.39, 0.29) is 35.6 Å². The van der Waals surface area contributed by atoms with Crippen molar-refractivity contribution < 1.29 is 41.3 Å². The van der Waals surface area contributed by atoms with E-state index in [1.807, 2.05) is 13.8 Å². The maximum absolute atomic E-state index is 14.9. The summed E-state index contributed by atoms with van der Waals surface area (Å²) < 4.78 is 56.8. The van der Waals surface area contributed by atoms with Gasteiger partial charge in [0, 0.05) is 24.1 Å². The number of carbonyl (C=O) groups is 1. The zero-order valence-corrected chi connectivity index (χ0v) is 20.9. The fraction of sp³-hybridized carbons (Fsp3) is 0.304. The molecule has 0 saturated heterocycles. The van der Waals surface area contributed by atoms with Crippen LogP contribution >= 0.6 is 11.6 Å². The molecule has 1 aromatic heterocycles. The lowest BCUT2D eigenvalue weighted by Crippen LogP contribution is -2.25. The molecule has 3 N–H and O–H groups in total. The number of hydrogen-bond acceptors (Lipinski definition) is 7. The lowest BCUT2D eigenvalue weighted by molar-refractivity contribution is 0.0693. The standard InChI is InChI=1S/C23H23ClFNO9S/c1-11(2)17(10-27)26-9-15(23(29)30)22(28)14-7-13(19(34-3)8-16(14)26)6-12-4-5-18(20(24)21(12)25)35-36(31,32)33/h4-5,7-9,11,17,27H,6,10H2,1-3H3,(H,29,30)(H,31,32,33)/t17-/m1/s1. The van der Waals surface area contributed by atoms with E-state index in [0.717, 1.165) is 6.07 Å². The Morgan fingerprint density at radius 1 is 1.19 bits per heavy atom. The number of methoxy groups -OCH3 is 1. The molecule has 2 aromatic carbocycles. The number of rotatable bonds is 9. The van der Waals surface area contributed by atoms with Crippen molar-refractivity contribution in [3.63, 3.8) is 0 Å². The lowest BCUT2D eigenvalue weighted by atomic mass is 9.98. The minimum Gasteiger partial charge on any atom is -0.496 e. The van der Waals surface area contributed by atoms with E-state index in [0.29, 0.717) is 11.1 Å². The molecule has 0 bridgehead atoms. The van der Waals surface area contributed by atoms with Crippen LogP contribution in [0, 0.1) is 11.7 Å². The number of pyridine rings is 1. The zero-order chi connectivity index (χ0) is 26.9. The molecule has 0 fully saturated rings. The highest BCUT2D eigenvalue weighted by Gasteiger charge is 2.24. The third kappa shape index (κ3) is 5.46. The van der Waals surface area contributed by atoms with Crippen LogP contribution in [-0.2, 0) is 16.8 Å². The summed E-state index contributed by atoms with van der Waals surface area (Å²) in [5, 5.41) is 18.8. The highest BCUT2D eigenvalue weighted by Crippen LogP contribution is 2.34. The molecule has 3 rings (SSSR count). The molecule has 0 aliphatic heterocycles. The Morgan fingerprint density at radius 3 is 2.39 bits per heavy atom. The summed E-state index contributed by atoms with van der Waals surface area (Å²) in [7, 11) is -3.57. The van der Waals surface area contributed by atoms with Gasteiger partial charge in [0.2, 0.25) is 5.43 Å². The van der Waals surface area contributed by atoms with Crippen molar-refractivity contribution in [2.75, 3.05) is 13.7 Å². The third-order valence-corrected chi connectivity index (χ3v) is 6.42. The molecule has 13 heteroatoms. The van der Waals surface area contributed by atoms with Gasteiger partial charge >= 0.3 is 16.4 Å². The van der Waals surface area contributed by atoms with Gasteiger partial charge in [0.25, 0.3) is 0 Å². The van der Waals surface area contributed by atoms with E-state index in [1.165, 1.54) is 36.1 Å². The fourth-order valence-electron chi connectivity index (χ4n) is 3.89. The van der Waals surface area contributed by atoms with Crippen LogP contribution in [0.4, 0.5) is 4.39 Å². The quantitative estimate of drug-likeness (QED) is 0.344. The first-order valence-electron chi connectivity index (χ1n) is 10.5. The first-order valence-corrected chi connectivity index (χ1v) is 12.3. The van der Waals surface area contributed by atoms with Gasteiger partial charge in [-0.3, -0.25) is 9.35 Å². The SMILES string of the molecule is COc1cc2c(cc1Cc1ccc(OS(=O)(=O)O)c(Cl)c1F)c(=O)c(C(=O)O)cn2[C@H](CO)C(C)C. The number of ether oxygens (including phenoxy) is 1. The van der Waals surface area contributed by atoms with Gasteiger partial charge in [-0.25, -0.2) is 9.18 Å². The molecule has 0 saturated carbocycles. The number of nitrogens with zero attached hydrogens (tertiary/aromatic N) is 1. The van der Waals surface area contributed by atoms with Crippen molar-refractivity contribution in [1.82, 2.24) is 4.57 Å². The number of aliphatic hydroxyl groups is 1. The van der Waals surface area contributed by atoms with Crippen LogP contribution in [0.15, 0.2) is 35.3 Å². The van der Waals surface area contributed by atoms with Gasteiger partial charge < -0.3 is 23.7 Å². The molecule has 1 atom stereocenters. The number of aromatic carboxylic acids is 1. The first-order chi connectivity index (χ1) is 16.8. The molecule has 10 nitrogen and oxygen atoms in total. The van der Waals surface area contributed by atoms with Crippen molar-refractivity contribution in [2.45, 2.75) is 26.3 Å². The summed E-state index contributed by atoms with van der Waals surface area (Å²) in [6.45, 7) is 3.35. The van der Waals surface area contributed by atoms with E-state index in [9.17, 15) is 32.6 Å². The van der Waals surface area contributed by atoms with Crippen LogP contribution < -0.4 is 14.3 Å². The van der Waals surface area contributed by atoms with E-state index in [4.69, 9.17) is 20.9 Å². The third-order valence-electron chi connectivity index (χ3n) is 5.68. The molecule has 0 amide bonds. The Kier molecular flexibility index (Phi) is 7.94. The number of carboxylic acids is 1. The predicted molar refractivity (Wildman–Crippen MR) is 129 cm³/mol. The van der Waals surface area contributed by atoms with Crippen molar-refractivity contribution in [1.29, 1.82) is 0 Å². The molecule has 194 valence electrons. The summed E-state index contributed by atoms with van der Waals surface area (Å²) in [6.07, 6.45) is 1.00. The van der Waals surface area contributed by atoms with Gasteiger partial charge in [0.05, 0.1) is 25.3 Å². The second-order valence-electron chi connectivity index (χ2n) is 8.30. The smallest absolute Gasteiger partial charge is 0.446 e. The summed E-state index contributed by atoms with van der Waals surface area (Å²) in [4.78, 5) is 24.8. The van der Waals surface area contributed by atoms with Crippen molar-refractivity contribution in [3.8, 4) is 11.5 Å². The number of aliphatic hydroxyl groups excluding tert-OH is 1. The predicted octanol–water partition coefficient (Wildman–Crippen LogP) is 3.46. The molecule has 36 heavy (non-hydrogen) atoms. The monoisotopic (exact) mass is 543 g/mol. The molecule has 0 spiro atoms. The van der Waals surface area contributed by atoms with Crippen LogP contribution in [0.5, 0.6) is 11.5 Å². The lowest BCUT2D eigenvalue weighted by Gasteiger charge is -2.25. The number of carboxylic acid groups (broad SMARTS) is 1. The maximum Gasteiger partial charge on any atom is 0.446 e. The fourth-order valence-corrected chi connectivity index (χ4v) is 4.52. The maximum atomic E-state index is 14.9. The van der Waals surface area contributed by atoms with Crippen LogP contribution in [-0.4, -0.2) is 47.4 Å². The number of halogens is 2. The molecule has 0 unspecified atom stereocenters. The van der Waals surface area contributed by atoms with Crippen LogP contribution in [0.1, 0.15) is 41.4 Å². The largest absolute Gasteiger partial charge is 0.496 e. The van der Waals surface area contributed by atoms with E-state index >= 15 is 0 Å². The molecule has 0 radical (unpaired) electrons. The average Bonchev–Trinajstić information content (AvgIpc) is 2.79. The second-order valence-corrected chi connectivity index (χ2v) is 9.70. The Morgan fingerprint density at radius 2 is 1.86 bits per heavy atom. The van der Waals surface area contributed by atoms with Crippen molar-refractivity contribution >= 4 is 38.9 Å². The minimum atomic E-state index is -4.93. The van der Waals surface area contributed by atoms with Crippen LogP contribution in [0.25, 0.3) is 10.9 Å². The number of benzene rings is 2. The van der Waals surface area contributed by atoms with Crippen molar-refractivity contribution in [3.05, 3.63) is 68.2 Å². The summed E-state index contributed by atoms with van der Waals surface area (Å²) in [6, 6.07) is 4.56. The molecule has 1 heterocycles. The number of aromatic nitrogens is 1. The second kappa shape index (κ2) is 10.4. The zero-order valence-electron chi connectivity index (χ0n) is 19.4. The van der Waals surface area contributed by atoms with Gasteiger partial charge in [-0.05, 0) is 29.2 Å². The van der Waals surface area contributed by atoms with Gasteiger partial charge in [0.1, 0.15) is 22.2 Å². The first kappa shape index (κ1) is 27.4. The van der Waals surface area contributed by atoms with E-state index in [1.54, 1.807) is 0 Å². The van der Waals surface area contributed by atoms with Crippen LogP contribution in [0.3, 0.4) is 0 Å².